The largest absolute Gasteiger partial charge is 0.465 e. The predicted molar refractivity (Wildman–Crippen MR) is 102 cm³/mol. The van der Waals surface area contributed by atoms with Gasteiger partial charge < -0.3 is 10.8 Å². The Kier molecular flexibility index (Phi) is 5.99. The van der Waals surface area contributed by atoms with Gasteiger partial charge in [0.1, 0.15) is 0 Å². The summed E-state index contributed by atoms with van der Waals surface area (Å²) in [6.45, 7) is 5.54. The van der Waals surface area contributed by atoms with Crippen LogP contribution >= 0.6 is 23.2 Å². The number of carboxylic acid groups (broad SMARTS) is 1. The lowest BCUT2D eigenvalue weighted by molar-refractivity contribution is 0.0603. The van der Waals surface area contributed by atoms with Crippen LogP contribution in [-0.2, 0) is 0 Å². The van der Waals surface area contributed by atoms with E-state index in [2.05, 4.69) is 0 Å². The first-order valence-electron chi connectivity index (χ1n) is 7.90. The summed E-state index contributed by atoms with van der Waals surface area (Å²) in [4.78, 5) is 13.4. The van der Waals surface area contributed by atoms with Crippen LogP contribution in [0.5, 0.6) is 0 Å². The summed E-state index contributed by atoms with van der Waals surface area (Å²) in [6.07, 6.45) is -1.03. The molecule has 0 fully saturated rings. The predicted octanol–water partition coefficient (Wildman–Crippen LogP) is 5.51. The molecule has 0 spiro atoms. The van der Waals surface area contributed by atoms with Crippen molar-refractivity contribution in [3.63, 3.8) is 0 Å². The quantitative estimate of drug-likeness (QED) is 0.734. The smallest absolute Gasteiger partial charge is 0.408 e. The lowest BCUT2D eigenvalue weighted by Crippen LogP contribution is -2.50. The maximum Gasteiger partial charge on any atom is 0.408 e. The third-order valence-electron chi connectivity index (χ3n) is 4.01. The molecule has 0 aromatic heterocycles. The van der Waals surface area contributed by atoms with Gasteiger partial charge in [-0.3, -0.25) is 4.90 Å². The van der Waals surface area contributed by atoms with Gasteiger partial charge in [-0.1, -0.05) is 47.5 Å². The first-order valence-corrected chi connectivity index (χ1v) is 8.65. The zero-order valence-electron chi connectivity index (χ0n) is 14.4. The lowest BCUT2D eigenvalue weighted by atomic mass is 9.89. The molecule has 134 valence electrons. The number of amides is 1. The van der Waals surface area contributed by atoms with E-state index in [1.807, 2.05) is 45.0 Å². The van der Waals surface area contributed by atoms with Crippen LogP contribution in [0.25, 0.3) is 0 Å². The number of halogens is 2. The van der Waals surface area contributed by atoms with E-state index in [0.717, 1.165) is 11.1 Å². The Bertz CT molecular complexity index is 725. The van der Waals surface area contributed by atoms with Crippen LogP contribution in [0, 0.1) is 0 Å². The van der Waals surface area contributed by atoms with Crippen LogP contribution in [0.4, 0.5) is 4.79 Å². The summed E-state index contributed by atoms with van der Waals surface area (Å²) in [7, 11) is 0. The van der Waals surface area contributed by atoms with Gasteiger partial charge in [0.05, 0.1) is 12.1 Å². The SMILES string of the molecule is CC(C)(C)N(C(=O)O)[C@H](c1ccc(Cl)cc1)[C@@H](N)c1ccc(Cl)cc1. The van der Waals surface area contributed by atoms with Gasteiger partial charge in [0.2, 0.25) is 0 Å². The molecule has 25 heavy (non-hydrogen) atoms. The zero-order valence-corrected chi connectivity index (χ0v) is 15.9. The van der Waals surface area contributed by atoms with E-state index < -0.39 is 23.7 Å². The Hall–Kier alpha value is -1.75. The normalized spacial score (nSPS) is 14.0. The molecule has 0 aliphatic heterocycles. The van der Waals surface area contributed by atoms with Gasteiger partial charge in [-0.15, -0.1) is 0 Å². The van der Waals surface area contributed by atoms with E-state index in [-0.39, 0.29) is 0 Å². The van der Waals surface area contributed by atoms with Crippen molar-refractivity contribution in [2.75, 3.05) is 0 Å². The second-order valence-corrected chi connectivity index (χ2v) is 7.77. The van der Waals surface area contributed by atoms with Crippen molar-refractivity contribution in [1.29, 1.82) is 0 Å². The van der Waals surface area contributed by atoms with Crippen molar-refractivity contribution in [3.8, 4) is 0 Å². The van der Waals surface area contributed by atoms with Gasteiger partial charge in [-0.25, -0.2) is 4.79 Å². The Balaban J connectivity index is 2.56. The maximum atomic E-state index is 12.0. The van der Waals surface area contributed by atoms with Gasteiger partial charge in [0.25, 0.3) is 0 Å². The Labute approximate surface area is 158 Å². The van der Waals surface area contributed by atoms with Crippen molar-refractivity contribution >= 4 is 29.3 Å². The molecule has 0 bridgehead atoms. The molecular weight excluding hydrogens is 359 g/mol. The Morgan fingerprint density at radius 2 is 1.36 bits per heavy atom. The van der Waals surface area contributed by atoms with Crippen LogP contribution in [-0.4, -0.2) is 21.6 Å². The average Bonchev–Trinajstić information content (AvgIpc) is 2.52. The Morgan fingerprint density at radius 3 is 1.72 bits per heavy atom. The van der Waals surface area contributed by atoms with Crippen LogP contribution < -0.4 is 5.73 Å². The molecule has 1 amide bonds. The van der Waals surface area contributed by atoms with Gasteiger partial charge in [0, 0.05) is 15.6 Å². The number of nitrogens with two attached hydrogens (primary N) is 1. The number of hydrogen-bond acceptors (Lipinski definition) is 2. The molecule has 0 unspecified atom stereocenters. The molecule has 2 atom stereocenters. The van der Waals surface area contributed by atoms with Crippen molar-refractivity contribution in [2.24, 2.45) is 5.73 Å². The molecule has 0 aliphatic carbocycles. The first kappa shape index (κ1) is 19.6. The van der Waals surface area contributed by atoms with Crippen LogP contribution in [0.1, 0.15) is 44.0 Å². The minimum atomic E-state index is -1.03. The summed E-state index contributed by atoms with van der Waals surface area (Å²) in [6, 6.07) is 13.1. The molecule has 0 saturated heterocycles. The van der Waals surface area contributed by atoms with Crippen molar-refractivity contribution in [2.45, 2.75) is 38.4 Å². The summed E-state index contributed by atoms with van der Waals surface area (Å²) in [5.74, 6) is 0. The van der Waals surface area contributed by atoms with E-state index in [9.17, 15) is 9.90 Å². The molecule has 2 aromatic carbocycles. The molecule has 0 heterocycles. The number of nitrogens with zero attached hydrogens (tertiary/aromatic N) is 1. The minimum absolute atomic E-state index is 0.561. The molecule has 0 saturated carbocycles. The van der Waals surface area contributed by atoms with E-state index in [0.29, 0.717) is 10.0 Å². The fourth-order valence-electron chi connectivity index (χ4n) is 2.87. The molecule has 0 aliphatic rings. The highest BCUT2D eigenvalue weighted by molar-refractivity contribution is 6.30. The van der Waals surface area contributed by atoms with E-state index in [1.54, 1.807) is 24.3 Å². The summed E-state index contributed by atoms with van der Waals surface area (Å²) in [5, 5.41) is 11.0. The fraction of sp³-hybridized carbons (Fsp3) is 0.316. The van der Waals surface area contributed by atoms with Gasteiger partial charge in [-0.2, -0.15) is 0 Å². The van der Waals surface area contributed by atoms with Gasteiger partial charge in [-0.05, 0) is 56.2 Å². The Morgan fingerprint density at radius 1 is 0.960 bits per heavy atom. The summed E-state index contributed by atoms with van der Waals surface area (Å²) < 4.78 is 0. The number of hydrogen-bond donors (Lipinski definition) is 2. The van der Waals surface area contributed by atoms with E-state index >= 15 is 0 Å². The molecule has 4 nitrogen and oxygen atoms in total. The summed E-state index contributed by atoms with van der Waals surface area (Å²) in [5.41, 5.74) is 7.46. The second-order valence-electron chi connectivity index (χ2n) is 6.90. The van der Waals surface area contributed by atoms with Crippen molar-refractivity contribution < 1.29 is 9.90 Å². The van der Waals surface area contributed by atoms with E-state index in [1.165, 1.54) is 4.90 Å². The van der Waals surface area contributed by atoms with Gasteiger partial charge >= 0.3 is 6.09 Å². The average molecular weight is 381 g/mol. The topological polar surface area (TPSA) is 66.6 Å². The lowest BCUT2D eigenvalue weighted by Gasteiger charge is -2.42. The highest BCUT2D eigenvalue weighted by atomic mass is 35.5. The van der Waals surface area contributed by atoms with Crippen LogP contribution in [0.2, 0.25) is 10.0 Å². The number of rotatable bonds is 4. The monoisotopic (exact) mass is 380 g/mol. The van der Waals surface area contributed by atoms with Crippen molar-refractivity contribution in [3.05, 3.63) is 69.7 Å². The van der Waals surface area contributed by atoms with Crippen molar-refractivity contribution in [1.82, 2.24) is 4.90 Å². The fourth-order valence-corrected chi connectivity index (χ4v) is 3.12. The van der Waals surface area contributed by atoms with Gasteiger partial charge in [0.15, 0.2) is 0 Å². The highest BCUT2D eigenvalue weighted by Gasteiger charge is 2.38. The minimum Gasteiger partial charge on any atom is -0.465 e. The number of benzene rings is 2. The third-order valence-corrected chi connectivity index (χ3v) is 4.52. The third kappa shape index (κ3) is 4.66. The standard InChI is InChI=1S/C19H22Cl2N2O2/c1-19(2,3)23(18(24)25)17(13-6-10-15(21)11-7-13)16(22)12-4-8-14(20)9-5-12/h4-11,16-17H,22H2,1-3H3,(H,24,25)/t16-,17+/m0/s1. The summed E-state index contributed by atoms with van der Waals surface area (Å²) >= 11 is 11.9. The van der Waals surface area contributed by atoms with Crippen LogP contribution in [0.15, 0.2) is 48.5 Å². The maximum absolute atomic E-state index is 12.0. The highest BCUT2D eigenvalue weighted by Crippen LogP contribution is 2.37. The molecule has 6 heteroatoms. The number of carbonyl (C=O) groups is 1. The van der Waals surface area contributed by atoms with Crippen LogP contribution in [0.3, 0.4) is 0 Å². The molecular formula is C19H22Cl2N2O2. The molecule has 2 rings (SSSR count). The molecule has 0 radical (unpaired) electrons. The second kappa shape index (κ2) is 7.65. The molecule has 3 N–H and O–H groups in total. The first-order chi connectivity index (χ1) is 11.6. The van der Waals surface area contributed by atoms with E-state index in [4.69, 9.17) is 28.9 Å². The zero-order chi connectivity index (χ0) is 18.8. The molecule has 2 aromatic rings.